The Kier molecular flexibility index (Phi) is 5.62. The number of carbonyl (C=O) groups is 1. The van der Waals surface area contributed by atoms with Gasteiger partial charge in [-0.3, -0.25) is 14.7 Å². The quantitative estimate of drug-likeness (QED) is 0.664. The van der Waals surface area contributed by atoms with Gasteiger partial charge in [0.25, 0.3) is 5.91 Å². The summed E-state index contributed by atoms with van der Waals surface area (Å²) in [7, 11) is 0. The lowest BCUT2D eigenvalue weighted by molar-refractivity contribution is 0.0467. The van der Waals surface area contributed by atoms with Gasteiger partial charge < -0.3 is 4.90 Å². The summed E-state index contributed by atoms with van der Waals surface area (Å²) in [5.41, 5.74) is 2.11. The number of nitrogens with zero attached hydrogens (tertiary/aromatic N) is 6. The highest BCUT2D eigenvalue weighted by Gasteiger charge is 2.29. The molecule has 0 bridgehead atoms. The van der Waals surface area contributed by atoms with Crippen molar-refractivity contribution in [3.05, 3.63) is 77.6 Å². The van der Waals surface area contributed by atoms with Crippen molar-refractivity contribution < 1.29 is 9.18 Å². The molecule has 0 radical (unpaired) electrons. The average molecular weight is 394 g/mol. The standard InChI is InChI=1S/C21H23FN6O/c1-16-12-26(14-19-7-2-3-8-23-19)9-10-28(16)21(29)20-15-27(25-24-20)13-17-5-4-6-18(22)11-17/h2-8,11,15-16H,9-10,12-14H2,1H3/t16-/m1/s1. The molecule has 1 atom stereocenters. The normalized spacial score (nSPS) is 17.4. The number of benzene rings is 1. The fraction of sp³-hybridized carbons (Fsp3) is 0.333. The number of halogens is 1. The highest BCUT2D eigenvalue weighted by molar-refractivity contribution is 5.92. The molecule has 1 aliphatic heterocycles. The summed E-state index contributed by atoms with van der Waals surface area (Å²) >= 11 is 0. The van der Waals surface area contributed by atoms with Gasteiger partial charge >= 0.3 is 0 Å². The van der Waals surface area contributed by atoms with Crippen LogP contribution in [0.3, 0.4) is 0 Å². The number of hydrogen-bond donors (Lipinski definition) is 0. The molecule has 29 heavy (non-hydrogen) atoms. The van der Waals surface area contributed by atoms with E-state index in [1.807, 2.05) is 36.1 Å². The first-order chi connectivity index (χ1) is 14.1. The van der Waals surface area contributed by atoms with E-state index in [0.29, 0.717) is 18.8 Å². The fourth-order valence-corrected chi connectivity index (χ4v) is 3.64. The number of amides is 1. The van der Waals surface area contributed by atoms with Crippen LogP contribution in [0.2, 0.25) is 0 Å². The van der Waals surface area contributed by atoms with Crippen molar-refractivity contribution in [2.45, 2.75) is 26.1 Å². The molecular weight excluding hydrogens is 371 g/mol. The highest BCUT2D eigenvalue weighted by atomic mass is 19.1. The van der Waals surface area contributed by atoms with Crippen molar-refractivity contribution in [2.24, 2.45) is 0 Å². The molecule has 1 aromatic carbocycles. The van der Waals surface area contributed by atoms with Crippen molar-refractivity contribution in [1.82, 2.24) is 29.8 Å². The molecule has 1 fully saturated rings. The van der Waals surface area contributed by atoms with Crippen LogP contribution in [0.25, 0.3) is 0 Å². The van der Waals surface area contributed by atoms with Crippen LogP contribution in [-0.2, 0) is 13.1 Å². The van der Waals surface area contributed by atoms with Gasteiger partial charge in [-0.15, -0.1) is 5.10 Å². The third-order valence-electron chi connectivity index (χ3n) is 5.08. The Bertz CT molecular complexity index is 976. The molecule has 0 unspecified atom stereocenters. The van der Waals surface area contributed by atoms with Crippen LogP contribution in [0.1, 0.15) is 28.7 Å². The van der Waals surface area contributed by atoms with E-state index in [0.717, 1.165) is 30.9 Å². The topological polar surface area (TPSA) is 67.2 Å². The third-order valence-corrected chi connectivity index (χ3v) is 5.08. The molecule has 0 spiro atoms. The number of piperazine rings is 1. The van der Waals surface area contributed by atoms with E-state index in [2.05, 4.69) is 20.2 Å². The van der Waals surface area contributed by atoms with Crippen LogP contribution in [0.4, 0.5) is 4.39 Å². The van der Waals surface area contributed by atoms with Crippen molar-refractivity contribution in [2.75, 3.05) is 19.6 Å². The Morgan fingerprint density at radius 1 is 1.17 bits per heavy atom. The molecule has 2 aromatic heterocycles. The second kappa shape index (κ2) is 8.48. The Morgan fingerprint density at radius 3 is 2.83 bits per heavy atom. The Morgan fingerprint density at radius 2 is 2.07 bits per heavy atom. The molecule has 3 heterocycles. The second-order valence-electron chi connectivity index (χ2n) is 7.34. The zero-order chi connectivity index (χ0) is 20.2. The van der Waals surface area contributed by atoms with Crippen LogP contribution in [0, 0.1) is 5.82 Å². The number of hydrogen-bond acceptors (Lipinski definition) is 5. The van der Waals surface area contributed by atoms with E-state index in [-0.39, 0.29) is 17.8 Å². The number of carbonyl (C=O) groups excluding carboxylic acids is 1. The summed E-state index contributed by atoms with van der Waals surface area (Å²) in [5.74, 6) is -0.420. The summed E-state index contributed by atoms with van der Waals surface area (Å²) in [4.78, 5) is 21.4. The van der Waals surface area contributed by atoms with Crippen molar-refractivity contribution in [3.63, 3.8) is 0 Å². The summed E-state index contributed by atoms with van der Waals surface area (Å²) in [6.07, 6.45) is 3.42. The fourth-order valence-electron chi connectivity index (χ4n) is 3.64. The van der Waals surface area contributed by atoms with Gasteiger partial charge in [-0.25, -0.2) is 9.07 Å². The molecule has 1 saturated heterocycles. The predicted octanol–water partition coefficient (Wildman–Crippen LogP) is 2.21. The molecule has 0 saturated carbocycles. The van der Waals surface area contributed by atoms with Gasteiger partial charge in [-0.1, -0.05) is 23.4 Å². The van der Waals surface area contributed by atoms with Gasteiger partial charge in [0.05, 0.1) is 18.4 Å². The van der Waals surface area contributed by atoms with Crippen LogP contribution in [-0.4, -0.2) is 61.4 Å². The molecule has 8 heteroatoms. The maximum absolute atomic E-state index is 13.3. The predicted molar refractivity (Wildman–Crippen MR) is 106 cm³/mol. The minimum atomic E-state index is -0.295. The van der Waals surface area contributed by atoms with Gasteiger partial charge in [0.15, 0.2) is 5.69 Å². The molecular formula is C21H23FN6O. The second-order valence-corrected chi connectivity index (χ2v) is 7.34. The van der Waals surface area contributed by atoms with Gasteiger partial charge in [-0.05, 0) is 36.8 Å². The highest BCUT2D eigenvalue weighted by Crippen LogP contribution is 2.15. The minimum absolute atomic E-state index is 0.0633. The summed E-state index contributed by atoms with van der Waals surface area (Å²) in [6, 6.07) is 12.3. The first-order valence-corrected chi connectivity index (χ1v) is 9.66. The molecule has 0 aliphatic carbocycles. The van der Waals surface area contributed by atoms with E-state index in [1.165, 1.54) is 12.1 Å². The Hall–Kier alpha value is -3.13. The van der Waals surface area contributed by atoms with Crippen molar-refractivity contribution >= 4 is 5.91 Å². The lowest BCUT2D eigenvalue weighted by Gasteiger charge is -2.39. The molecule has 1 amide bonds. The Balaban J connectivity index is 1.37. The summed E-state index contributed by atoms with van der Waals surface area (Å²) < 4.78 is 14.9. The van der Waals surface area contributed by atoms with Crippen LogP contribution < -0.4 is 0 Å². The largest absolute Gasteiger partial charge is 0.332 e. The maximum atomic E-state index is 13.3. The van der Waals surface area contributed by atoms with E-state index < -0.39 is 0 Å². The van der Waals surface area contributed by atoms with E-state index in [4.69, 9.17) is 0 Å². The first kappa shape index (κ1) is 19.2. The lowest BCUT2D eigenvalue weighted by Crippen LogP contribution is -2.53. The summed E-state index contributed by atoms with van der Waals surface area (Å²) in [6.45, 7) is 5.37. The molecule has 7 nitrogen and oxygen atoms in total. The van der Waals surface area contributed by atoms with Crippen LogP contribution in [0.15, 0.2) is 54.9 Å². The molecule has 150 valence electrons. The maximum Gasteiger partial charge on any atom is 0.276 e. The zero-order valence-corrected chi connectivity index (χ0v) is 16.3. The van der Waals surface area contributed by atoms with Crippen LogP contribution >= 0.6 is 0 Å². The number of aromatic nitrogens is 4. The first-order valence-electron chi connectivity index (χ1n) is 9.66. The SMILES string of the molecule is C[C@@H]1CN(Cc2ccccn2)CCN1C(=O)c1cn(Cc2cccc(F)c2)nn1. The molecule has 1 aliphatic rings. The van der Waals surface area contributed by atoms with Crippen LogP contribution in [0.5, 0.6) is 0 Å². The van der Waals surface area contributed by atoms with Crippen molar-refractivity contribution in [1.29, 1.82) is 0 Å². The number of pyridine rings is 1. The molecule has 4 rings (SSSR count). The minimum Gasteiger partial charge on any atom is -0.332 e. The van der Waals surface area contributed by atoms with E-state index in [9.17, 15) is 9.18 Å². The van der Waals surface area contributed by atoms with Crippen molar-refractivity contribution in [3.8, 4) is 0 Å². The smallest absolute Gasteiger partial charge is 0.276 e. The molecule has 3 aromatic rings. The Labute approximate surface area is 168 Å². The average Bonchev–Trinajstić information content (AvgIpc) is 3.17. The van der Waals surface area contributed by atoms with E-state index in [1.54, 1.807) is 23.1 Å². The molecule has 0 N–H and O–H groups in total. The zero-order valence-electron chi connectivity index (χ0n) is 16.3. The third kappa shape index (κ3) is 4.65. The van der Waals surface area contributed by atoms with Gasteiger partial charge in [0.2, 0.25) is 0 Å². The van der Waals surface area contributed by atoms with E-state index >= 15 is 0 Å². The monoisotopic (exact) mass is 394 g/mol. The lowest BCUT2D eigenvalue weighted by atomic mass is 10.1. The van der Waals surface area contributed by atoms with Gasteiger partial charge in [-0.2, -0.15) is 0 Å². The van der Waals surface area contributed by atoms with Gasteiger partial charge in [0, 0.05) is 38.4 Å². The number of rotatable bonds is 5. The summed E-state index contributed by atoms with van der Waals surface area (Å²) in [5, 5.41) is 8.07. The van der Waals surface area contributed by atoms with Gasteiger partial charge in [0.1, 0.15) is 5.82 Å².